The average Bonchev–Trinajstić information content (AvgIpc) is 3.18. The molecule has 0 aliphatic heterocycles. The van der Waals surface area contributed by atoms with Gasteiger partial charge in [-0.05, 0) is 47.9 Å². The van der Waals surface area contributed by atoms with Crippen molar-refractivity contribution in [3.05, 3.63) is 124 Å². The van der Waals surface area contributed by atoms with Crippen LogP contribution in [0.1, 0.15) is 38.6 Å². The molecule has 4 rings (SSSR count). The minimum atomic E-state index is -0.241. The number of carbonyl (C=O) groups is 1. The minimum absolute atomic E-state index is 0.241. The molecule has 32 heavy (non-hydrogen) atoms. The Bertz CT molecular complexity index is 1190. The SMILES string of the molecule is Cc1cc(C(=O)NCc2ccccc2)oc1Cc1cc(Cl)ccc1OCc1ccccc1. The van der Waals surface area contributed by atoms with Crippen LogP contribution in [0.15, 0.2) is 89.3 Å². The Hall–Kier alpha value is -3.50. The van der Waals surface area contributed by atoms with Crippen molar-refractivity contribution >= 4 is 17.5 Å². The molecule has 1 amide bonds. The molecule has 0 aliphatic carbocycles. The molecule has 0 spiro atoms. The van der Waals surface area contributed by atoms with Crippen LogP contribution in [-0.4, -0.2) is 5.91 Å². The fourth-order valence-corrected chi connectivity index (χ4v) is 3.60. The molecule has 0 atom stereocenters. The second-order valence-electron chi connectivity index (χ2n) is 7.59. The minimum Gasteiger partial charge on any atom is -0.489 e. The molecule has 0 unspecified atom stereocenters. The van der Waals surface area contributed by atoms with E-state index in [0.717, 1.165) is 28.0 Å². The first-order valence-corrected chi connectivity index (χ1v) is 10.8. The number of furan rings is 1. The molecular weight excluding hydrogens is 422 g/mol. The van der Waals surface area contributed by atoms with Crippen LogP contribution in [0.3, 0.4) is 0 Å². The molecule has 0 bridgehead atoms. The number of hydrogen-bond acceptors (Lipinski definition) is 3. The van der Waals surface area contributed by atoms with Crippen LogP contribution in [0.2, 0.25) is 5.02 Å². The first-order valence-electron chi connectivity index (χ1n) is 10.4. The van der Waals surface area contributed by atoms with Gasteiger partial charge < -0.3 is 14.5 Å². The van der Waals surface area contributed by atoms with Crippen LogP contribution in [-0.2, 0) is 19.6 Å². The van der Waals surface area contributed by atoms with E-state index in [1.54, 1.807) is 6.07 Å². The number of carbonyl (C=O) groups excluding carboxylic acids is 1. The van der Waals surface area contributed by atoms with Crippen LogP contribution in [0.5, 0.6) is 5.75 Å². The van der Waals surface area contributed by atoms with E-state index in [9.17, 15) is 4.79 Å². The molecular formula is C27H24ClNO3. The van der Waals surface area contributed by atoms with E-state index >= 15 is 0 Å². The van der Waals surface area contributed by atoms with Gasteiger partial charge in [-0.15, -0.1) is 0 Å². The Morgan fingerprint density at radius 3 is 2.34 bits per heavy atom. The topological polar surface area (TPSA) is 51.5 Å². The van der Waals surface area contributed by atoms with Gasteiger partial charge in [0, 0.05) is 23.6 Å². The lowest BCUT2D eigenvalue weighted by molar-refractivity contribution is 0.0921. The Morgan fingerprint density at radius 1 is 0.938 bits per heavy atom. The smallest absolute Gasteiger partial charge is 0.287 e. The van der Waals surface area contributed by atoms with E-state index in [1.807, 2.05) is 85.8 Å². The van der Waals surface area contributed by atoms with Crippen LogP contribution in [0, 0.1) is 6.92 Å². The summed E-state index contributed by atoms with van der Waals surface area (Å²) >= 11 is 6.24. The summed E-state index contributed by atoms with van der Waals surface area (Å²) in [6.07, 6.45) is 0.475. The van der Waals surface area contributed by atoms with Gasteiger partial charge in [-0.25, -0.2) is 0 Å². The molecule has 0 aliphatic rings. The van der Waals surface area contributed by atoms with Gasteiger partial charge in [-0.1, -0.05) is 72.3 Å². The molecule has 1 aromatic heterocycles. The van der Waals surface area contributed by atoms with Gasteiger partial charge in [0.25, 0.3) is 5.91 Å². The molecule has 162 valence electrons. The van der Waals surface area contributed by atoms with Crippen LogP contribution < -0.4 is 10.1 Å². The van der Waals surface area contributed by atoms with Gasteiger partial charge in [-0.2, -0.15) is 0 Å². The van der Waals surface area contributed by atoms with Gasteiger partial charge >= 0.3 is 0 Å². The van der Waals surface area contributed by atoms with Gasteiger partial charge in [0.15, 0.2) is 5.76 Å². The highest BCUT2D eigenvalue weighted by atomic mass is 35.5. The maximum absolute atomic E-state index is 12.6. The summed E-state index contributed by atoms with van der Waals surface area (Å²) in [5.41, 5.74) is 3.93. The monoisotopic (exact) mass is 445 g/mol. The average molecular weight is 446 g/mol. The third-order valence-corrected chi connectivity index (χ3v) is 5.39. The van der Waals surface area contributed by atoms with E-state index in [4.69, 9.17) is 20.8 Å². The molecule has 1 heterocycles. The predicted octanol–water partition coefficient (Wildman–Crippen LogP) is 6.34. The number of amides is 1. The van der Waals surface area contributed by atoms with Crippen LogP contribution in [0.25, 0.3) is 0 Å². The number of ether oxygens (including phenoxy) is 1. The Balaban J connectivity index is 1.46. The van der Waals surface area contributed by atoms with Crippen molar-refractivity contribution in [3.63, 3.8) is 0 Å². The molecule has 3 aromatic carbocycles. The zero-order valence-electron chi connectivity index (χ0n) is 17.8. The van der Waals surface area contributed by atoms with E-state index in [2.05, 4.69) is 5.32 Å². The van der Waals surface area contributed by atoms with Gasteiger partial charge in [0.05, 0.1) is 0 Å². The van der Waals surface area contributed by atoms with Crippen molar-refractivity contribution in [3.8, 4) is 5.75 Å². The van der Waals surface area contributed by atoms with Crippen LogP contribution >= 0.6 is 11.6 Å². The number of rotatable bonds is 8. The number of benzene rings is 3. The third kappa shape index (κ3) is 5.59. The van der Waals surface area contributed by atoms with Crippen molar-refractivity contribution in [1.29, 1.82) is 0 Å². The zero-order chi connectivity index (χ0) is 22.3. The molecule has 0 fully saturated rings. The standard InChI is InChI=1S/C27H24ClNO3/c1-19-14-26(27(30)29-17-20-8-4-2-5-9-20)32-25(19)16-22-15-23(28)12-13-24(22)31-18-21-10-6-3-7-11-21/h2-15H,16-18H2,1H3,(H,29,30). The van der Waals surface area contributed by atoms with Gasteiger partial charge in [0.2, 0.25) is 0 Å². The normalized spacial score (nSPS) is 10.7. The van der Waals surface area contributed by atoms with E-state index in [-0.39, 0.29) is 5.91 Å². The second kappa shape index (κ2) is 10.2. The number of halogens is 1. The fourth-order valence-electron chi connectivity index (χ4n) is 3.41. The summed E-state index contributed by atoms with van der Waals surface area (Å²) in [6, 6.07) is 27.1. The second-order valence-corrected chi connectivity index (χ2v) is 8.02. The van der Waals surface area contributed by atoms with Crippen molar-refractivity contribution in [1.82, 2.24) is 5.32 Å². The molecule has 5 heteroatoms. The summed E-state index contributed by atoms with van der Waals surface area (Å²) in [6.45, 7) is 2.84. The predicted molar refractivity (Wildman–Crippen MR) is 126 cm³/mol. The molecule has 4 nitrogen and oxygen atoms in total. The van der Waals surface area contributed by atoms with Gasteiger partial charge in [-0.3, -0.25) is 4.79 Å². The highest BCUT2D eigenvalue weighted by molar-refractivity contribution is 6.30. The highest BCUT2D eigenvalue weighted by Gasteiger charge is 2.17. The highest BCUT2D eigenvalue weighted by Crippen LogP contribution is 2.28. The lowest BCUT2D eigenvalue weighted by atomic mass is 10.1. The number of nitrogens with one attached hydrogen (secondary N) is 1. The van der Waals surface area contributed by atoms with Crippen molar-refractivity contribution in [2.75, 3.05) is 0 Å². The fraction of sp³-hybridized carbons (Fsp3) is 0.148. The quantitative estimate of drug-likeness (QED) is 0.344. The number of aryl methyl sites for hydroxylation is 1. The lowest BCUT2D eigenvalue weighted by Crippen LogP contribution is -2.22. The number of hydrogen-bond donors (Lipinski definition) is 1. The molecule has 0 radical (unpaired) electrons. The van der Waals surface area contributed by atoms with E-state index in [1.165, 1.54) is 0 Å². The molecule has 1 N–H and O–H groups in total. The van der Waals surface area contributed by atoms with E-state index < -0.39 is 0 Å². The molecule has 4 aromatic rings. The summed E-state index contributed by atoms with van der Waals surface area (Å²) in [4.78, 5) is 12.6. The van der Waals surface area contributed by atoms with Crippen LogP contribution in [0.4, 0.5) is 0 Å². The van der Waals surface area contributed by atoms with Crippen molar-refractivity contribution in [2.24, 2.45) is 0 Å². The van der Waals surface area contributed by atoms with Gasteiger partial charge in [0.1, 0.15) is 18.1 Å². The Morgan fingerprint density at radius 2 is 1.62 bits per heavy atom. The largest absolute Gasteiger partial charge is 0.489 e. The molecule has 0 saturated carbocycles. The summed E-state index contributed by atoms with van der Waals surface area (Å²) < 4.78 is 12.0. The zero-order valence-corrected chi connectivity index (χ0v) is 18.6. The summed E-state index contributed by atoms with van der Waals surface area (Å²) in [5.74, 6) is 1.50. The first-order chi connectivity index (χ1) is 15.6. The summed E-state index contributed by atoms with van der Waals surface area (Å²) in [7, 11) is 0. The maximum atomic E-state index is 12.6. The molecule has 0 saturated heterocycles. The lowest BCUT2D eigenvalue weighted by Gasteiger charge is -2.12. The Labute approximate surface area is 192 Å². The first kappa shape index (κ1) is 21.7. The third-order valence-electron chi connectivity index (χ3n) is 5.15. The van der Waals surface area contributed by atoms with Crippen molar-refractivity contribution < 1.29 is 13.9 Å². The van der Waals surface area contributed by atoms with E-state index in [0.29, 0.717) is 36.1 Å². The van der Waals surface area contributed by atoms with Crippen molar-refractivity contribution in [2.45, 2.75) is 26.5 Å². The summed E-state index contributed by atoms with van der Waals surface area (Å²) in [5, 5.41) is 3.52. The maximum Gasteiger partial charge on any atom is 0.287 e. The Kier molecular flexibility index (Phi) is 6.93.